The SMILES string of the molecule is COc1ncccc1P(c1ccccc1)c1ccccc1. The summed E-state index contributed by atoms with van der Waals surface area (Å²) in [7, 11) is 1.02. The van der Waals surface area contributed by atoms with E-state index in [4.69, 9.17) is 4.74 Å². The highest BCUT2D eigenvalue weighted by Gasteiger charge is 2.20. The standard InChI is InChI=1S/C18H16NOP/c1-20-18-17(13-8-14-19-18)21(15-9-4-2-5-10-15)16-11-6-3-7-12-16/h2-14H,1H3. The molecule has 0 amide bonds. The third-order valence-corrected chi connectivity index (χ3v) is 5.67. The van der Waals surface area contributed by atoms with E-state index in [0.717, 1.165) is 5.30 Å². The zero-order valence-corrected chi connectivity index (χ0v) is 12.7. The summed E-state index contributed by atoms with van der Waals surface area (Å²) >= 11 is 0. The maximum absolute atomic E-state index is 5.47. The normalized spacial score (nSPS) is 10.6. The van der Waals surface area contributed by atoms with Crippen molar-refractivity contribution in [3.05, 3.63) is 79.0 Å². The van der Waals surface area contributed by atoms with Gasteiger partial charge in [0.1, 0.15) is 0 Å². The Kier molecular flexibility index (Phi) is 4.28. The summed E-state index contributed by atoms with van der Waals surface area (Å²) < 4.78 is 5.47. The van der Waals surface area contributed by atoms with Crippen LogP contribution >= 0.6 is 7.92 Å². The number of methoxy groups -OCH3 is 1. The average Bonchev–Trinajstić information content (AvgIpc) is 2.58. The molecule has 1 heterocycles. The van der Waals surface area contributed by atoms with Crippen LogP contribution in [0.4, 0.5) is 0 Å². The molecule has 0 spiro atoms. The number of ether oxygens (including phenoxy) is 1. The summed E-state index contributed by atoms with van der Waals surface area (Å²) in [6.07, 6.45) is 1.77. The van der Waals surface area contributed by atoms with Crippen molar-refractivity contribution in [2.75, 3.05) is 7.11 Å². The Hall–Kier alpha value is -2.18. The van der Waals surface area contributed by atoms with Crippen LogP contribution in [-0.2, 0) is 0 Å². The molecular formula is C18H16NOP. The Morgan fingerprint density at radius 2 is 1.33 bits per heavy atom. The number of benzene rings is 2. The van der Waals surface area contributed by atoms with Gasteiger partial charge in [-0.2, -0.15) is 0 Å². The van der Waals surface area contributed by atoms with E-state index in [-0.39, 0.29) is 0 Å². The van der Waals surface area contributed by atoms with Crippen molar-refractivity contribution in [3.63, 3.8) is 0 Å². The van der Waals surface area contributed by atoms with Crippen molar-refractivity contribution in [1.29, 1.82) is 0 Å². The second-order valence-electron chi connectivity index (χ2n) is 4.54. The van der Waals surface area contributed by atoms with Crippen LogP contribution in [0.25, 0.3) is 0 Å². The quantitative estimate of drug-likeness (QED) is 0.690. The molecule has 3 aromatic rings. The third-order valence-electron chi connectivity index (χ3n) is 3.21. The number of aromatic nitrogens is 1. The van der Waals surface area contributed by atoms with E-state index in [9.17, 15) is 0 Å². The summed E-state index contributed by atoms with van der Waals surface area (Å²) in [6, 6.07) is 25.2. The Bertz CT molecular complexity index is 661. The summed E-state index contributed by atoms with van der Waals surface area (Å²) in [5.74, 6) is 0.705. The first-order valence-corrected chi connectivity index (χ1v) is 8.13. The van der Waals surface area contributed by atoms with Crippen LogP contribution < -0.4 is 20.7 Å². The Labute approximate surface area is 126 Å². The van der Waals surface area contributed by atoms with Gasteiger partial charge in [-0.05, 0) is 30.7 Å². The molecule has 0 saturated carbocycles. The minimum absolute atomic E-state index is 0.660. The number of nitrogens with zero attached hydrogens (tertiary/aromatic N) is 1. The molecule has 0 fully saturated rings. The Morgan fingerprint density at radius 1 is 0.762 bits per heavy atom. The molecule has 21 heavy (non-hydrogen) atoms. The molecule has 0 unspecified atom stereocenters. The summed E-state index contributed by atoms with van der Waals surface area (Å²) in [6.45, 7) is 0. The molecule has 0 bridgehead atoms. The molecule has 104 valence electrons. The van der Waals surface area contributed by atoms with Gasteiger partial charge in [-0.1, -0.05) is 60.7 Å². The number of pyridine rings is 1. The zero-order chi connectivity index (χ0) is 14.5. The van der Waals surface area contributed by atoms with Crippen molar-refractivity contribution in [1.82, 2.24) is 4.98 Å². The lowest BCUT2D eigenvalue weighted by molar-refractivity contribution is 0.401. The van der Waals surface area contributed by atoms with Gasteiger partial charge < -0.3 is 4.74 Å². The van der Waals surface area contributed by atoms with Crippen molar-refractivity contribution in [2.24, 2.45) is 0 Å². The number of hydrogen-bond acceptors (Lipinski definition) is 2. The maximum Gasteiger partial charge on any atom is 0.221 e. The fourth-order valence-corrected chi connectivity index (χ4v) is 4.66. The van der Waals surface area contributed by atoms with Crippen LogP contribution in [-0.4, -0.2) is 12.1 Å². The highest BCUT2D eigenvalue weighted by atomic mass is 31.1. The molecule has 0 atom stereocenters. The van der Waals surface area contributed by atoms with Crippen LogP contribution in [0.2, 0.25) is 0 Å². The average molecular weight is 293 g/mol. The lowest BCUT2D eigenvalue weighted by Crippen LogP contribution is -2.22. The lowest BCUT2D eigenvalue weighted by Gasteiger charge is -2.20. The van der Waals surface area contributed by atoms with Gasteiger partial charge in [0.2, 0.25) is 5.88 Å². The van der Waals surface area contributed by atoms with E-state index < -0.39 is 7.92 Å². The van der Waals surface area contributed by atoms with Gasteiger partial charge in [-0.15, -0.1) is 0 Å². The van der Waals surface area contributed by atoms with Crippen molar-refractivity contribution in [3.8, 4) is 5.88 Å². The van der Waals surface area contributed by atoms with Crippen LogP contribution in [0.5, 0.6) is 5.88 Å². The summed E-state index contributed by atoms with van der Waals surface area (Å²) in [5, 5.41) is 3.74. The fraction of sp³-hybridized carbons (Fsp3) is 0.0556. The number of rotatable bonds is 4. The van der Waals surface area contributed by atoms with Gasteiger partial charge in [0.25, 0.3) is 0 Å². The second-order valence-corrected chi connectivity index (χ2v) is 6.72. The molecule has 0 N–H and O–H groups in total. The molecule has 2 aromatic carbocycles. The summed E-state index contributed by atoms with van der Waals surface area (Å²) in [5.41, 5.74) is 0. The van der Waals surface area contributed by atoms with E-state index in [0.29, 0.717) is 5.88 Å². The van der Waals surface area contributed by atoms with Gasteiger partial charge in [-0.3, -0.25) is 0 Å². The monoisotopic (exact) mass is 293 g/mol. The molecule has 0 aliphatic carbocycles. The van der Waals surface area contributed by atoms with Gasteiger partial charge in [-0.25, -0.2) is 4.98 Å². The lowest BCUT2D eigenvalue weighted by atomic mass is 10.4. The first-order chi connectivity index (χ1) is 10.4. The first kappa shape index (κ1) is 13.8. The summed E-state index contributed by atoms with van der Waals surface area (Å²) in [4.78, 5) is 4.36. The topological polar surface area (TPSA) is 22.1 Å². The molecule has 3 rings (SSSR count). The molecular weight excluding hydrogens is 277 g/mol. The minimum Gasteiger partial charge on any atom is -0.481 e. The first-order valence-electron chi connectivity index (χ1n) is 6.79. The number of hydrogen-bond donors (Lipinski definition) is 0. The van der Waals surface area contributed by atoms with Crippen LogP contribution in [0, 0.1) is 0 Å². The van der Waals surface area contributed by atoms with Crippen molar-refractivity contribution < 1.29 is 4.74 Å². The van der Waals surface area contributed by atoms with Gasteiger partial charge in [0.15, 0.2) is 0 Å². The predicted octanol–water partition coefficient (Wildman–Crippen LogP) is 2.85. The van der Waals surface area contributed by atoms with Gasteiger partial charge >= 0.3 is 0 Å². The molecule has 0 aliphatic rings. The van der Waals surface area contributed by atoms with E-state index in [1.165, 1.54) is 10.6 Å². The van der Waals surface area contributed by atoms with Crippen molar-refractivity contribution >= 4 is 23.8 Å². The largest absolute Gasteiger partial charge is 0.481 e. The maximum atomic E-state index is 5.47. The second kappa shape index (κ2) is 6.51. The highest BCUT2D eigenvalue weighted by Crippen LogP contribution is 2.35. The van der Waals surface area contributed by atoms with E-state index in [2.05, 4.69) is 59.6 Å². The minimum atomic E-state index is -0.660. The molecule has 0 aliphatic heterocycles. The van der Waals surface area contributed by atoms with E-state index >= 15 is 0 Å². The highest BCUT2D eigenvalue weighted by molar-refractivity contribution is 7.80. The Balaban J connectivity index is 2.17. The fourth-order valence-electron chi connectivity index (χ4n) is 2.29. The third kappa shape index (κ3) is 2.96. The van der Waals surface area contributed by atoms with E-state index in [1.54, 1.807) is 13.3 Å². The molecule has 0 saturated heterocycles. The molecule has 1 aromatic heterocycles. The van der Waals surface area contributed by atoms with Crippen LogP contribution in [0.15, 0.2) is 79.0 Å². The Morgan fingerprint density at radius 3 is 1.86 bits per heavy atom. The van der Waals surface area contributed by atoms with Crippen LogP contribution in [0.3, 0.4) is 0 Å². The van der Waals surface area contributed by atoms with Gasteiger partial charge in [0.05, 0.1) is 7.11 Å². The zero-order valence-electron chi connectivity index (χ0n) is 11.8. The molecule has 2 nitrogen and oxygen atoms in total. The van der Waals surface area contributed by atoms with Gasteiger partial charge in [0, 0.05) is 11.5 Å². The molecule has 3 heteroatoms. The molecule has 0 radical (unpaired) electrons. The predicted molar refractivity (Wildman–Crippen MR) is 89.5 cm³/mol. The van der Waals surface area contributed by atoms with E-state index in [1.807, 2.05) is 18.2 Å². The van der Waals surface area contributed by atoms with Crippen molar-refractivity contribution in [2.45, 2.75) is 0 Å². The smallest absolute Gasteiger partial charge is 0.221 e. The van der Waals surface area contributed by atoms with Crippen LogP contribution in [0.1, 0.15) is 0 Å².